The van der Waals surface area contributed by atoms with Gasteiger partial charge in [0.15, 0.2) is 6.10 Å². The summed E-state index contributed by atoms with van der Waals surface area (Å²) in [6.45, 7) is 3.34. The molecule has 21 heavy (non-hydrogen) atoms. The van der Waals surface area contributed by atoms with Crippen molar-refractivity contribution in [3.63, 3.8) is 0 Å². The van der Waals surface area contributed by atoms with E-state index in [0.717, 1.165) is 6.07 Å². The van der Waals surface area contributed by atoms with Crippen LogP contribution in [0.4, 0.5) is 13.2 Å². The Hall–Kier alpha value is -1.76. The summed E-state index contributed by atoms with van der Waals surface area (Å²) in [5, 5.41) is 8.86. The van der Waals surface area contributed by atoms with E-state index in [1.165, 1.54) is 30.0 Å². The molecule has 0 aliphatic heterocycles. The Morgan fingerprint density at radius 1 is 1.38 bits per heavy atom. The molecule has 0 aliphatic carbocycles. The van der Waals surface area contributed by atoms with Crippen molar-refractivity contribution < 1.29 is 27.8 Å². The van der Waals surface area contributed by atoms with Crippen LogP contribution in [0.1, 0.15) is 19.4 Å². The summed E-state index contributed by atoms with van der Waals surface area (Å²) in [6.07, 6.45) is -5.62. The molecule has 7 heteroatoms. The topological polar surface area (TPSA) is 49.8 Å². The number of hydrogen-bond acceptors (Lipinski definition) is 3. The Labute approximate surface area is 121 Å². The number of ether oxygens (including phenoxy) is 1. The second-order valence-electron chi connectivity index (χ2n) is 4.40. The summed E-state index contributed by atoms with van der Waals surface area (Å²) < 4.78 is 43.7. The highest BCUT2D eigenvalue weighted by Crippen LogP contribution is 2.36. The van der Waals surface area contributed by atoms with Gasteiger partial charge in [-0.25, -0.2) is 0 Å². The van der Waals surface area contributed by atoms with Crippen LogP contribution in [0.2, 0.25) is 0 Å². The van der Waals surface area contributed by atoms with Crippen molar-refractivity contribution in [2.45, 2.75) is 26.1 Å². The number of para-hydroxylation sites is 1. The van der Waals surface area contributed by atoms with Crippen LogP contribution in [-0.2, 0) is 11.0 Å². The fraction of sp³-hybridized carbons (Fsp3) is 0.500. The molecule has 1 N–H and O–H groups in total. The van der Waals surface area contributed by atoms with Crippen LogP contribution >= 0.6 is 0 Å². The molecule has 0 aliphatic rings. The number of aliphatic hydroxyl groups is 1. The zero-order chi connectivity index (χ0) is 16.0. The van der Waals surface area contributed by atoms with Crippen LogP contribution in [0.3, 0.4) is 0 Å². The fourth-order valence-corrected chi connectivity index (χ4v) is 1.85. The summed E-state index contributed by atoms with van der Waals surface area (Å²) >= 11 is 0. The number of amides is 1. The molecule has 1 amide bonds. The molecular formula is C14H18F3NO3. The SMILES string of the molecule is CCN(CCO)C(=O)C(C)Oc1ccccc1C(F)(F)F. The van der Waals surface area contributed by atoms with Crippen LogP contribution in [-0.4, -0.2) is 41.7 Å². The van der Waals surface area contributed by atoms with Crippen molar-refractivity contribution in [3.05, 3.63) is 29.8 Å². The molecule has 0 heterocycles. The number of likely N-dealkylation sites (N-methyl/N-ethyl adjacent to an activating group) is 1. The Morgan fingerprint density at radius 3 is 2.52 bits per heavy atom. The lowest BCUT2D eigenvalue weighted by Crippen LogP contribution is -2.42. The monoisotopic (exact) mass is 305 g/mol. The van der Waals surface area contributed by atoms with Gasteiger partial charge in [-0.15, -0.1) is 0 Å². The largest absolute Gasteiger partial charge is 0.480 e. The predicted octanol–water partition coefficient (Wildman–Crippen LogP) is 2.31. The van der Waals surface area contributed by atoms with Gasteiger partial charge in [0.05, 0.1) is 12.2 Å². The molecule has 0 aromatic heterocycles. The van der Waals surface area contributed by atoms with Crippen molar-refractivity contribution >= 4 is 5.91 Å². The molecule has 1 aromatic carbocycles. The first kappa shape index (κ1) is 17.3. The summed E-state index contributed by atoms with van der Waals surface area (Å²) in [7, 11) is 0. The smallest absolute Gasteiger partial charge is 0.419 e. The van der Waals surface area contributed by atoms with Gasteiger partial charge in [-0.1, -0.05) is 12.1 Å². The first-order valence-electron chi connectivity index (χ1n) is 6.53. The molecule has 1 atom stereocenters. The molecule has 118 valence electrons. The van der Waals surface area contributed by atoms with Crippen LogP contribution in [0.5, 0.6) is 5.75 Å². The third kappa shape index (κ3) is 4.63. The van der Waals surface area contributed by atoms with Gasteiger partial charge in [-0.2, -0.15) is 13.2 Å². The number of nitrogens with zero attached hydrogens (tertiary/aromatic N) is 1. The average Bonchev–Trinajstić information content (AvgIpc) is 2.43. The molecule has 0 bridgehead atoms. The zero-order valence-electron chi connectivity index (χ0n) is 11.9. The van der Waals surface area contributed by atoms with Gasteiger partial charge < -0.3 is 14.7 Å². The first-order chi connectivity index (χ1) is 9.81. The normalized spacial score (nSPS) is 12.9. The van der Waals surface area contributed by atoms with Crippen molar-refractivity contribution in [1.82, 2.24) is 4.90 Å². The maximum Gasteiger partial charge on any atom is 0.419 e. The van der Waals surface area contributed by atoms with E-state index in [-0.39, 0.29) is 18.9 Å². The number of aliphatic hydroxyl groups excluding tert-OH is 1. The van der Waals surface area contributed by atoms with Crippen molar-refractivity contribution in [2.75, 3.05) is 19.7 Å². The van der Waals surface area contributed by atoms with Gasteiger partial charge in [0.25, 0.3) is 5.91 Å². The molecule has 0 saturated heterocycles. The lowest BCUT2D eigenvalue weighted by molar-refractivity contribution is -0.143. The van der Waals surface area contributed by atoms with Crippen LogP contribution in [0, 0.1) is 0 Å². The zero-order valence-corrected chi connectivity index (χ0v) is 11.9. The Kier molecular flexibility index (Phi) is 6.02. The summed E-state index contributed by atoms with van der Waals surface area (Å²) in [5.74, 6) is -0.852. The van der Waals surface area contributed by atoms with Gasteiger partial charge in [-0.05, 0) is 26.0 Å². The molecule has 0 spiro atoms. The molecule has 4 nitrogen and oxygen atoms in total. The summed E-state index contributed by atoms with van der Waals surface area (Å²) in [6, 6.07) is 4.74. The van der Waals surface area contributed by atoms with Gasteiger partial charge in [0.1, 0.15) is 5.75 Å². The highest BCUT2D eigenvalue weighted by atomic mass is 19.4. The van der Waals surface area contributed by atoms with E-state index in [9.17, 15) is 18.0 Å². The lowest BCUT2D eigenvalue weighted by atomic mass is 10.2. The maximum atomic E-state index is 12.8. The Morgan fingerprint density at radius 2 is 2.00 bits per heavy atom. The van der Waals surface area contributed by atoms with E-state index in [2.05, 4.69) is 0 Å². The van der Waals surface area contributed by atoms with Gasteiger partial charge in [0.2, 0.25) is 0 Å². The minimum atomic E-state index is -4.55. The second kappa shape index (κ2) is 7.31. The van der Waals surface area contributed by atoms with Crippen molar-refractivity contribution in [1.29, 1.82) is 0 Å². The third-order valence-electron chi connectivity index (χ3n) is 2.91. The molecular weight excluding hydrogens is 287 g/mol. The molecule has 1 aromatic rings. The number of carbonyl (C=O) groups excluding carboxylic acids is 1. The minimum absolute atomic E-state index is 0.115. The van der Waals surface area contributed by atoms with Crippen LogP contribution in [0.25, 0.3) is 0 Å². The highest BCUT2D eigenvalue weighted by molar-refractivity contribution is 5.80. The van der Waals surface area contributed by atoms with Crippen molar-refractivity contribution in [2.24, 2.45) is 0 Å². The number of benzene rings is 1. The molecule has 0 saturated carbocycles. The van der Waals surface area contributed by atoms with Crippen molar-refractivity contribution in [3.8, 4) is 5.75 Å². The minimum Gasteiger partial charge on any atom is -0.480 e. The van der Waals surface area contributed by atoms with E-state index in [1.54, 1.807) is 6.92 Å². The van der Waals surface area contributed by atoms with Crippen LogP contribution in [0.15, 0.2) is 24.3 Å². The highest BCUT2D eigenvalue weighted by Gasteiger charge is 2.35. The van der Waals surface area contributed by atoms with Crippen LogP contribution < -0.4 is 4.74 Å². The van der Waals surface area contributed by atoms with E-state index in [1.807, 2.05) is 0 Å². The first-order valence-corrected chi connectivity index (χ1v) is 6.53. The number of rotatable bonds is 6. The number of halogens is 3. The molecule has 0 radical (unpaired) electrons. The predicted molar refractivity (Wildman–Crippen MR) is 70.9 cm³/mol. The second-order valence-corrected chi connectivity index (χ2v) is 4.40. The Bertz CT molecular complexity index is 477. The number of alkyl halides is 3. The van der Waals surface area contributed by atoms with E-state index in [4.69, 9.17) is 9.84 Å². The van der Waals surface area contributed by atoms with E-state index < -0.39 is 23.8 Å². The average molecular weight is 305 g/mol. The summed E-state index contributed by atoms with van der Waals surface area (Å²) in [5.41, 5.74) is -0.921. The third-order valence-corrected chi connectivity index (χ3v) is 2.91. The molecule has 0 fully saturated rings. The molecule has 1 rings (SSSR count). The number of hydrogen-bond donors (Lipinski definition) is 1. The van der Waals surface area contributed by atoms with Gasteiger partial charge in [-0.3, -0.25) is 4.79 Å². The molecule has 1 unspecified atom stereocenters. The Balaban J connectivity index is 2.88. The van der Waals surface area contributed by atoms with Gasteiger partial charge >= 0.3 is 6.18 Å². The standard InChI is InChI=1S/C14H18F3NO3/c1-3-18(8-9-19)13(20)10(2)21-12-7-5-4-6-11(12)14(15,16)17/h4-7,10,19H,3,8-9H2,1-2H3. The quantitative estimate of drug-likeness (QED) is 0.877. The fourth-order valence-electron chi connectivity index (χ4n) is 1.85. The van der Waals surface area contributed by atoms with E-state index in [0.29, 0.717) is 6.54 Å². The lowest BCUT2D eigenvalue weighted by Gasteiger charge is -2.25. The number of carbonyl (C=O) groups is 1. The van der Waals surface area contributed by atoms with Gasteiger partial charge in [0, 0.05) is 13.1 Å². The summed E-state index contributed by atoms with van der Waals surface area (Å²) in [4.78, 5) is 13.4. The van der Waals surface area contributed by atoms with E-state index >= 15 is 0 Å². The maximum absolute atomic E-state index is 12.8.